The number of carbonyl (C=O) groups excluding carboxylic acids is 3. The molecule has 0 fully saturated rings. The minimum atomic E-state index is -0.964. The largest absolute Gasteiger partial charge is 0.467 e. The zero-order chi connectivity index (χ0) is 19.8. The van der Waals surface area contributed by atoms with Crippen LogP contribution in [0.3, 0.4) is 0 Å². The first-order valence-electron chi connectivity index (χ1n) is 8.31. The van der Waals surface area contributed by atoms with Gasteiger partial charge < -0.3 is 19.4 Å². The van der Waals surface area contributed by atoms with Gasteiger partial charge in [-0.15, -0.1) is 11.8 Å². The molecule has 0 saturated heterocycles. The lowest BCUT2D eigenvalue weighted by Crippen LogP contribution is -2.35. The Morgan fingerprint density at radius 3 is 2.59 bits per heavy atom. The number of nitrogens with one attached hydrogen (secondary N) is 1. The summed E-state index contributed by atoms with van der Waals surface area (Å²) in [5.74, 6) is -0.289. The van der Waals surface area contributed by atoms with Crippen molar-refractivity contribution in [3.63, 3.8) is 0 Å². The first kappa shape index (κ1) is 20.6. The number of furan rings is 1. The van der Waals surface area contributed by atoms with E-state index in [0.29, 0.717) is 16.2 Å². The third-order valence-electron chi connectivity index (χ3n) is 3.63. The molecule has 1 aromatic carbocycles. The van der Waals surface area contributed by atoms with Crippen LogP contribution in [0.4, 0.5) is 0 Å². The predicted octanol–water partition coefficient (Wildman–Crippen LogP) is 2.32. The van der Waals surface area contributed by atoms with E-state index < -0.39 is 18.0 Å². The highest BCUT2D eigenvalue weighted by atomic mass is 32.2. The fraction of sp³-hybridized carbons (Fsp3) is 0.316. The van der Waals surface area contributed by atoms with Crippen molar-refractivity contribution >= 4 is 29.5 Å². The third-order valence-corrected chi connectivity index (χ3v) is 4.69. The number of nitrogens with zero attached hydrogens (tertiary/aromatic N) is 1. The Bertz CT molecular complexity index is 789. The van der Waals surface area contributed by atoms with Crippen LogP contribution in [0.2, 0.25) is 0 Å². The molecule has 0 radical (unpaired) electrons. The summed E-state index contributed by atoms with van der Waals surface area (Å²) in [5.41, 5.74) is 0.319. The highest BCUT2D eigenvalue weighted by Gasteiger charge is 2.21. The minimum absolute atomic E-state index is 0.0613. The number of esters is 1. The zero-order valence-corrected chi connectivity index (χ0v) is 16.2. The predicted molar refractivity (Wildman–Crippen MR) is 101 cm³/mol. The van der Waals surface area contributed by atoms with E-state index >= 15 is 0 Å². The van der Waals surface area contributed by atoms with E-state index in [1.807, 2.05) is 0 Å². The maximum Gasteiger partial charge on any atom is 0.340 e. The summed E-state index contributed by atoms with van der Waals surface area (Å²) in [5, 5.41) is 2.64. The van der Waals surface area contributed by atoms with Crippen LogP contribution < -0.4 is 5.32 Å². The molecule has 0 saturated carbocycles. The van der Waals surface area contributed by atoms with Crippen LogP contribution in [-0.4, -0.2) is 48.6 Å². The average molecular weight is 390 g/mol. The molecule has 1 N–H and O–H groups in total. The molecular weight excluding hydrogens is 368 g/mol. The Hall–Kier alpha value is -2.74. The molecular formula is C19H22N2O5S. The average Bonchev–Trinajstić information content (AvgIpc) is 3.17. The van der Waals surface area contributed by atoms with Crippen LogP contribution in [0.1, 0.15) is 23.0 Å². The monoisotopic (exact) mass is 390 g/mol. The SMILES string of the molecule is C[C@@H](OC(=O)c1ccccc1SCC(=O)N(C)C)C(=O)NCc1ccco1. The molecule has 27 heavy (non-hydrogen) atoms. The summed E-state index contributed by atoms with van der Waals surface area (Å²) in [6.45, 7) is 1.72. The molecule has 0 aliphatic carbocycles. The van der Waals surface area contributed by atoms with Crippen molar-refractivity contribution in [1.82, 2.24) is 10.2 Å². The van der Waals surface area contributed by atoms with Gasteiger partial charge in [0.25, 0.3) is 5.91 Å². The van der Waals surface area contributed by atoms with Gasteiger partial charge in [-0.25, -0.2) is 4.79 Å². The molecule has 0 bridgehead atoms. The molecule has 1 heterocycles. The van der Waals surface area contributed by atoms with Gasteiger partial charge in [0.2, 0.25) is 5.91 Å². The number of hydrogen-bond acceptors (Lipinski definition) is 6. The molecule has 2 rings (SSSR count). The Morgan fingerprint density at radius 1 is 1.19 bits per heavy atom. The van der Waals surface area contributed by atoms with E-state index in [9.17, 15) is 14.4 Å². The van der Waals surface area contributed by atoms with E-state index in [4.69, 9.17) is 9.15 Å². The van der Waals surface area contributed by atoms with Gasteiger partial charge in [-0.05, 0) is 31.2 Å². The second-order valence-electron chi connectivity index (χ2n) is 5.92. The van der Waals surface area contributed by atoms with Crippen LogP contribution in [0.25, 0.3) is 0 Å². The zero-order valence-electron chi connectivity index (χ0n) is 15.4. The summed E-state index contributed by atoms with van der Waals surface area (Å²) in [7, 11) is 3.35. The van der Waals surface area contributed by atoms with Crippen molar-refractivity contribution in [2.75, 3.05) is 19.8 Å². The van der Waals surface area contributed by atoms with E-state index in [2.05, 4.69) is 5.32 Å². The van der Waals surface area contributed by atoms with Crippen molar-refractivity contribution in [3.8, 4) is 0 Å². The van der Waals surface area contributed by atoms with Crippen molar-refractivity contribution in [3.05, 3.63) is 54.0 Å². The fourth-order valence-corrected chi connectivity index (χ4v) is 3.06. The van der Waals surface area contributed by atoms with Gasteiger partial charge in [0.05, 0.1) is 24.1 Å². The number of carbonyl (C=O) groups is 3. The fourth-order valence-electron chi connectivity index (χ4n) is 2.04. The van der Waals surface area contributed by atoms with Gasteiger partial charge in [-0.1, -0.05) is 12.1 Å². The molecule has 2 aromatic rings. The molecule has 7 nitrogen and oxygen atoms in total. The Kier molecular flexibility index (Phi) is 7.48. The highest BCUT2D eigenvalue weighted by molar-refractivity contribution is 8.00. The van der Waals surface area contributed by atoms with Gasteiger partial charge in [0.15, 0.2) is 6.10 Å². The second-order valence-corrected chi connectivity index (χ2v) is 6.93. The molecule has 8 heteroatoms. The smallest absolute Gasteiger partial charge is 0.340 e. The van der Waals surface area contributed by atoms with Crippen LogP contribution in [0.5, 0.6) is 0 Å². The summed E-state index contributed by atoms with van der Waals surface area (Å²) in [6, 6.07) is 10.3. The quantitative estimate of drug-likeness (QED) is 0.550. The standard InChI is InChI=1S/C19H22N2O5S/c1-13(18(23)20-11-14-7-6-10-25-14)26-19(24)15-8-4-5-9-16(15)27-12-17(22)21(2)3/h4-10,13H,11-12H2,1-3H3,(H,20,23)/t13-/m1/s1. The van der Waals surface area contributed by atoms with Crippen molar-refractivity contribution in [2.24, 2.45) is 0 Å². The summed E-state index contributed by atoms with van der Waals surface area (Å²) >= 11 is 1.25. The lowest BCUT2D eigenvalue weighted by Gasteiger charge is -2.15. The Labute approximate surface area is 162 Å². The minimum Gasteiger partial charge on any atom is -0.467 e. The van der Waals surface area contributed by atoms with Gasteiger partial charge >= 0.3 is 5.97 Å². The number of benzene rings is 1. The second kappa shape index (κ2) is 9.82. The number of amides is 2. The van der Waals surface area contributed by atoms with E-state index in [0.717, 1.165) is 0 Å². The first-order valence-corrected chi connectivity index (χ1v) is 9.30. The number of rotatable bonds is 8. The highest BCUT2D eigenvalue weighted by Crippen LogP contribution is 2.24. The van der Waals surface area contributed by atoms with Crippen molar-refractivity contribution in [1.29, 1.82) is 0 Å². The maximum atomic E-state index is 12.5. The molecule has 1 aromatic heterocycles. The topological polar surface area (TPSA) is 88.9 Å². The Morgan fingerprint density at radius 2 is 1.93 bits per heavy atom. The lowest BCUT2D eigenvalue weighted by atomic mass is 10.2. The van der Waals surface area contributed by atoms with E-state index in [1.54, 1.807) is 50.5 Å². The van der Waals surface area contributed by atoms with Crippen molar-refractivity contribution < 1.29 is 23.5 Å². The Balaban J connectivity index is 1.94. The van der Waals surface area contributed by atoms with Crippen LogP contribution in [-0.2, 0) is 20.9 Å². The number of hydrogen-bond donors (Lipinski definition) is 1. The third kappa shape index (κ3) is 6.18. The number of thioether (sulfide) groups is 1. The van der Waals surface area contributed by atoms with Gasteiger partial charge in [0.1, 0.15) is 5.76 Å². The van der Waals surface area contributed by atoms with Gasteiger partial charge in [0, 0.05) is 19.0 Å². The van der Waals surface area contributed by atoms with Crippen LogP contribution in [0.15, 0.2) is 52.0 Å². The van der Waals surface area contributed by atoms with E-state index in [-0.39, 0.29) is 18.2 Å². The summed E-state index contributed by atoms with van der Waals surface area (Å²) < 4.78 is 10.4. The molecule has 0 aliphatic rings. The normalized spacial score (nSPS) is 11.5. The molecule has 0 aliphatic heterocycles. The first-order chi connectivity index (χ1) is 12.9. The maximum absolute atomic E-state index is 12.5. The van der Waals surface area contributed by atoms with E-state index in [1.165, 1.54) is 29.8 Å². The lowest BCUT2D eigenvalue weighted by molar-refractivity contribution is -0.129. The summed E-state index contributed by atoms with van der Waals surface area (Å²) in [4.78, 5) is 38.4. The molecule has 144 valence electrons. The molecule has 0 spiro atoms. The van der Waals surface area contributed by atoms with Crippen LogP contribution >= 0.6 is 11.8 Å². The van der Waals surface area contributed by atoms with Gasteiger partial charge in [-0.3, -0.25) is 9.59 Å². The summed E-state index contributed by atoms with van der Waals surface area (Å²) in [6.07, 6.45) is 0.551. The molecule has 1 atom stereocenters. The van der Waals surface area contributed by atoms with Gasteiger partial charge in [-0.2, -0.15) is 0 Å². The number of ether oxygens (including phenoxy) is 1. The van der Waals surface area contributed by atoms with Crippen LogP contribution in [0, 0.1) is 0 Å². The molecule has 2 amide bonds. The molecule has 0 unspecified atom stereocenters. The van der Waals surface area contributed by atoms with Crippen molar-refractivity contribution in [2.45, 2.75) is 24.5 Å².